The molecule has 0 unspecified atom stereocenters. The molecule has 0 bridgehead atoms. The first kappa shape index (κ1) is 19.9. The van der Waals surface area contributed by atoms with E-state index < -0.39 is 40.5 Å². The number of alkyl halides is 3. The van der Waals surface area contributed by atoms with Crippen LogP contribution in [0.15, 0.2) is 52.2 Å². The van der Waals surface area contributed by atoms with E-state index in [0.29, 0.717) is 0 Å². The largest absolute Gasteiger partial charge is 0.417 e. The minimum Gasteiger partial charge on any atom is -0.338 e. The van der Waals surface area contributed by atoms with E-state index in [1.807, 2.05) is 0 Å². The molecule has 2 aromatic heterocycles. The highest BCUT2D eigenvalue weighted by atomic mass is 19.4. The summed E-state index contributed by atoms with van der Waals surface area (Å²) in [4.78, 5) is 45.7. The van der Waals surface area contributed by atoms with Crippen molar-refractivity contribution in [3.8, 4) is 0 Å². The van der Waals surface area contributed by atoms with Crippen LogP contribution in [0.25, 0.3) is 11.0 Å². The number of likely N-dealkylation sites (tertiary alicyclic amines) is 1. The van der Waals surface area contributed by atoms with Gasteiger partial charge >= 0.3 is 11.9 Å². The van der Waals surface area contributed by atoms with Gasteiger partial charge in [0.25, 0.3) is 11.5 Å². The molecule has 0 aliphatic carbocycles. The standard InChI is InChI=1S/C20H17F3N4O3/c21-20(22,23)15-6-2-1-4-13(15)17(28)26-10-7-12(8-11-26)27-18(29)14-5-3-9-24-16(14)25-19(27)30/h1-6,9,12H,7-8,10-11H2,(H,24,25,30). The number of rotatable bonds is 2. The van der Waals surface area contributed by atoms with Crippen LogP contribution < -0.4 is 11.2 Å². The number of aromatic nitrogens is 3. The van der Waals surface area contributed by atoms with Gasteiger partial charge in [-0.3, -0.25) is 19.1 Å². The lowest BCUT2D eigenvalue weighted by atomic mass is 10.0. The predicted octanol–water partition coefficient (Wildman–Crippen LogP) is 2.58. The van der Waals surface area contributed by atoms with Gasteiger partial charge in [0.1, 0.15) is 5.65 Å². The quantitative estimate of drug-likeness (QED) is 0.693. The first-order valence-electron chi connectivity index (χ1n) is 9.32. The second-order valence-corrected chi connectivity index (χ2v) is 7.07. The van der Waals surface area contributed by atoms with Gasteiger partial charge < -0.3 is 4.90 Å². The van der Waals surface area contributed by atoms with Crippen LogP contribution in [0.3, 0.4) is 0 Å². The van der Waals surface area contributed by atoms with Crippen molar-refractivity contribution in [3.05, 3.63) is 74.6 Å². The van der Waals surface area contributed by atoms with Crippen LogP contribution in [0.4, 0.5) is 13.2 Å². The molecule has 4 rings (SSSR count). The Labute approximate surface area is 167 Å². The van der Waals surface area contributed by atoms with E-state index in [1.165, 1.54) is 23.2 Å². The summed E-state index contributed by atoms with van der Waals surface area (Å²) >= 11 is 0. The van der Waals surface area contributed by atoms with Gasteiger partial charge in [0, 0.05) is 25.3 Å². The summed E-state index contributed by atoms with van der Waals surface area (Å²) < 4.78 is 40.8. The van der Waals surface area contributed by atoms with Crippen molar-refractivity contribution < 1.29 is 18.0 Å². The number of fused-ring (bicyclic) bond motifs is 1. The van der Waals surface area contributed by atoms with E-state index in [9.17, 15) is 27.6 Å². The fraction of sp³-hybridized carbons (Fsp3) is 0.300. The van der Waals surface area contributed by atoms with Crippen LogP contribution >= 0.6 is 0 Å². The minimum atomic E-state index is -4.63. The summed E-state index contributed by atoms with van der Waals surface area (Å²) in [5, 5.41) is 0.273. The summed E-state index contributed by atoms with van der Waals surface area (Å²) in [5.74, 6) is -0.717. The lowest BCUT2D eigenvalue weighted by molar-refractivity contribution is -0.138. The molecular formula is C20H17F3N4O3. The first-order valence-corrected chi connectivity index (χ1v) is 9.32. The van der Waals surface area contributed by atoms with Crippen LogP contribution in [0.1, 0.15) is 34.8 Å². The Morgan fingerprint density at radius 1 is 1.07 bits per heavy atom. The number of halogens is 3. The molecule has 10 heteroatoms. The summed E-state index contributed by atoms with van der Waals surface area (Å²) in [5.41, 5.74) is -2.27. The number of hydrogen-bond acceptors (Lipinski definition) is 4. The molecule has 156 valence electrons. The lowest BCUT2D eigenvalue weighted by Gasteiger charge is -2.33. The Morgan fingerprint density at radius 3 is 2.47 bits per heavy atom. The Morgan fingerprint density at radius 2 is 1.77 bits per heavy atom. The highest BCUT2D eigenvalue weighted by Crippen LogP contribution is 2.33. The monoisotopic (exact) mass is 418 g/mol. The van der Waals surface area contributed by atoms with E-state index in [1.54, 1.807) is 12.1 Å². The molecule has 1 aliphatic heterocycles. The number of amides is 1. The Kier molecular flexibility index (Phi) is 4.92. The molecule has 3 aromatic rings. The molecule has 1 aromatic carbocycles. The number of hydrogen-bond donors (Lipinski definition) is 1. The second kappa shape index (κ2) is 7.43. The van der Waals surface area contributed by atoms with Gasteiger partial charge in [0.05, 0.1) is 16.5 Å². The molecule has 30 heavy (non-hydrogen) atoms. The molecule has 0 atom stereocenters. The maximum absolute atomic E-state index is 13.2. The molecule has 1 aliphatic rings. The molecule has 1 amide bonds. The normalized spacial score (nSPS) is 15.5. The minimum absolute atomic E-state index is 0.132. The van der Waals surface area contributed by atoms with Gasteiger partial charge in [-0.25, -0.2) is 9.78 Å². The molecular weight excluding hydrogens is 401 g/mol. The molecule has 1 fully saturated rings. The molecule has 0 saturated carbocycles. The van der Waals surface area contributed by atoms with E-state index in [0.717, 1.165) is 16.7 Å². The number of carbonyl (C=O) groups excluding carboxylic acids is 1. The Balaban J connectivity index is 1.57. The van der Waals surface area contributed by atoms with Crippen LogP contribution in [-0.2, 0) is 6.18 Å². The van der Waals surface area contributed by atoms with Crippen LogP contribution in [0.5, 0.6) is 0 Å². The first-order chi connectivity index (χ1) is 14.3. The van der Waals surface area contributed by atoms with Crippen LogP contribution in [0, 0.1) is 0 Å². The zero-order chi connectivity index (χ0) is 21.5. The van der Waals surface area contributed by atoms with E-state index in [4.69, 9.17) is 0 Å². The fourth-order valence-electron chi connectivity index (χ4n) is 3.81. The third-order valence-electron chi connectivity index (χ3n) is 5.28. The maximum Gasteiger partial charge on any atom is 0.417 e. The van der Waals surface area contributed by atoms with Crippen molar-refractivity contribution in [2.24, 2.45) is 0 Å². The van der Waals surface area contributed by atoms with Gasteiger partial charge in [-0.1, -0.05) is 12.1 Å². The Hall–Kier alpha value is -3.43. The summed E-state index contributed by atoms with van der Waals surface area (Å²) in [7, 11) is 0. The lowest BCUT2D eigenvalue weighted by Crippen LogP contribution is -2.45. The fourth-order valence-corrected chi connectivity index (χ4v) is 3.81. The maximum atomic E-state index is 13.2. The van der Waals surface area contributed by atoms with E-state index in [-0.39, 0.29) is 37.0 Å². The number of nitrogens with zero attached hydrogens (tertiary/aromatic N) is 3. The van der Waals surface area contributed by atoms with Gasteiger partial charge in [-0.05, 0) is 37.1 Å². The highest BCUT2D eigenvalue weighted by Gasteiger charge is 2.36. The molecule has 0 radical (unpaired) electrons. The second-order valence-electron chi connectivity index (χ2n) is 7.07. The number of nitrogens with one attached hydrogen (secondary N) is 1. The average molecular weight is 418 g/mol. The SMILES string of the molecule is O=C(c1ccccc1C(F)(F)F)N1CCC(n2c(=O)[nH]c3ncccc3c2=O)CC1. The zero-order valence-corrected chi connectivity index (χ0v) is 15.6. The number of carbonyl (C=O) groups is 1. The zero-order valence-electron chi connectivity index (χ0n) is 15.6. The number of piperidine rings is 1. The number of aromatic amines is 1. The molecule has 1 saturated heterocycles. The van der Waals surface area contributed by atoms with Gasteiger partial charge in [0.2, 0.25) is 0 Å². The summed E-state index contributed by atoms with van der Waals surface area (Å²) in [6, 6.07) is 7.34. The van der Waals surface area contributed by atoms with Gasteiger partial charge in [-0.15, -0.1) is 0 Å². The van der Waals surface area contributed by atoms with Crippen molar-refractivity contribution in [2.45, 2.75) is 25.1 Å². The van der Waals surface area contributed by atoms with Crippen molar-refractivity contribution in [2.75, 3.05) is 13.1 Å². The van der Waals surface area contributed by atoms with Crippen LogP contribution in [-0.4, -0.2) is 38.4 Å². The van der Waals surface area contributed by atoms with E-state index in [2.05, 4.69) is 9.97 Å². The van der Waals surface area contributed by atoms with Crippen molar-refractivity contribution in [1.82, 2.24) is 19.4 Å². The van der Waals surface area contributed by atoms with Crippen molar-refractivity contribution in [1.29, 1.82) is 0 Å². The van der Waals surface area contributed by atoms with E-state index >= 15 is 0 Å². The number of pyridine rings is 1. The van der Waals surface area contributed by atoms with Gasteiger partial charge in [0.15, 0.2) is 0 Å². The topological polar surface area (TPSA) is 88.1 Å². The molecule has 1 N–H and O–H groups in total. The predicted molar refractivity (Wildman–Crippen MR) is 102 cm³/mol. The van der Waals surface area contributed by atoms with Crippen molar-refractivity contribution >= 4 is 16.9 Å². The smallest absolute Gasteiger partial charge is 0.338 e. The third-order valence-corrected chi connectivity index (χ3v) is 5.28. The molecule has 7 nitrogen and oxygen atoms in total. The highest BCUT2D eigenvalue weighted by molar-refractivity contribution is 5.96. The number of H-pyrrole nitrogens is 1. The van der Waals surface area contributed by atoms with Gasteiger partial charge in [-0.2, -0.15) is 13.2 Å². The average Bonchev–Trinajstić information content (AvgIpc) is 2.73. The summed E-state index contributed by atoms with van der Waals surface area (Å²) in [6.45, 7) is 0.263. The van der Waals surface area contributed by atoms with Crippen LogP contribution in [0.2, 0.25) is 0 Å². The molecule has 3 heterocycles. The molecule has 0 spiro atoms. The summed E-state index contributed by atoms with van der Waals surface area (Å²) in [6.07, 6.45) is -2.63. The number of benzene rings is 1. The third kappa shape index (κ3) is 3.49. The Bertz CT molecular complexity index is 1220. The van der Waals surface area contributed by atoms with Crippen molar-refractivity contribution in [3.63, 3.8) is 0 Å².